The van der Waals surface area contributed by atoms with Crippen molar-refractivity contribution in [2.45, 2.75) is 43.8 Å². The van der Waals surface area contributed by atoms with Crippen LogP contribution in [-0.2, 0) is 9.59 Å². The molecule has 0 aromatic heterocycles. The Labute approximate surface area is 178 Å². The number of benzene rings is 2. The summed E-state index contributed by atoms with van der Waals surface area (Å²) in [4.78, 5) is 32.2. The number of hydrogen-bond donors (Lipinski definition) is 1. The number of nitrogens with two attached hydrogens (primary N) is 1. The second-order valence-corrected chi connectivity index (χ2v) is 7.91. The third kappa shape index (κ3) is 3.78. The molecule has 1 unspecified atom stereocenters. The maximum Gasteiger partial charge on any atom is 0.275 e. The topological polar surface area (TPSA) is 85.0 Å². The quantitative estimate of drug-likeness (QED) is 0.793. The molecular formula is C23H23F2N3O3. The Kier molecular flexibility index (Phi) is 5.47. The standard InChI is InChI=1S/C23H23F2N3O3/c1-31-18-7-5-14(6-8-18)19-22(30)28(23(27-19)9-3-2-4-10-23)20(21(26)29)15-11-16(24)13-17(25)12-15/h5-8,11-13,20H,2-4,9-10H2,1H3,(H2,26,29). The highest BCUT2D eigenvalue weighted by molar-refractivity contribution is 6.47. The van der Waals surface area contributed by atoms with Crippen LogP contribution >= 0.6 is 0 Å². The number of halogens is 2. The van der Waals surface area contributed by atoms with Gasteiger partial charge < -0.3 is 10.5 Å². The van der Waals surface area contributed by atoms with Gasteiger partial charge in [-0.15, -0.1) is 0 Å². The van der Waals surface area contributed by atoms with Crippen LogP contribution in [-0.4, -0.2) is 35.2 Å². The summed E-state index contributed by atoms with van der Waals surface area (Å²) >= 11 is 0. The first-order chi connectivity index (χ1) is 14.8. The van der Waals surface area contributed by atoms with Gasteiger partial charge in [-0.3, -0.25) is 19.5 Å². The molecule has 0 saturated heterocycles. The van der Waals surface area contributed by atoms with E-state index in [4.69, 9.17) is 15.5 Å². The van der Waals surface area contributed by atoms with E-state index >= 15 is 0 Å². The fourth-order valence-corrected chi connectivity index (χ4v) is 4.55. The minimum atomic E-state index is -1.34. The molecule has 1 aliphatic heterocycles. The van der Waals surface area contributed by atoms with Gasteiger partial charge in [0.2, 0.25) is 5.91 Å². The summed E-state index contributed by atoms with van der Waals surface area (Å²) in [6.07, 6.45) is 3.69. The van der Waals surface area contributed by atoms with Crippen molar-refractivity contribution in [2.24, 2.45) is 10.7 Å². The van der Waals surface area contributed by atoms with Crippen molar-refractivity contribution < 1.29 is 23.1 Å². The Bertz CT molecular complexity index is 1030. The highest BCUT2D eigenvalue weighted by Crippen LogP contribution is 2.44. The van der Waals surface area contributed by atoms with Crippen LogP contribution in [0.4, 0.5) is 8.78 Å². The van der Waals surface area contributed by atoms with Crippen LogP contribution < -0.4 is 10.5 Å². The predicted molar refractivity (Wildman–Crippen MR) is 110 cm³/mol. The fraction of sp³-hybridized carbons (Fsp3) is 0.348. The SMILES string of the molecule is COc1ccc(C2=NC3(CCCCC3)N(C(C(N)=O)c3cc(F)cc(F)c3)C2=O)cc1. The Morgan fingerprint density at radius 3 is 2.26 bits per heavy atom. The molecule has 1 saturated carbocycles. The second-order valence-electron chi connectivity index (χ2n) is 7.91. The normalized spacial score (nSPS) is 18.7. The van der Waals surface area contributed by atoms with Crippen molar-refractivity contribution >= 4 is 17.5 Å². The van der Waals surface area contributed by atoms with Crippen molar-refractivity contribution in [3.8, 4) is 5.75 Å². The molecule has 1 fully saturated rings. The van der Waals surface area contributed by atoms with E-state index in [9.17, 15) is 18.4 Å². The fourth-order valence-electron chi connectivity index (χ4n) is 4.55. The van der Waals surface area contributed by atoms with E-state index in [2.05, 4.69) is 0 Å². The number of aliphatic imine (C=N–C) groups is 1. The zero-order valence-electron chi connectivity index (χ0n) is 17.1. The number of primary amides is 1. The van der Waals surface area contributed by atoms with Gasteiger partial charge in [0, 0.05) is 11.6 Å². The van der Waals surface area contributed by atoms with E-state index in [1.54, 1.807) is 31.4 Å². The molecule has 0 radical (unpaired) electrons. The largest absolute Gasteiger partial charge is 0.497 e. The van der Waals surface area contributed by atoms with E-state index in [1.165, 1.54) is 4.90 Å². The monoisotopic (exact) mass is 427 g/mol. The van der Waals surface area contributed by atoms with Gasteiger partial charge >= 0.3 is 0 Å². The first-order valence-electron chi connectivity index (χ1n) is 10.2. The third-order valence-electron chi connectivity index (χ3n) is 5.94. The van der Waals surface area contributed by atoms with Gasteiger partial charge in [0.25, 0.3) is 5.91 Å². The van der Waals surface area contributed by atoms with Crippen molar-refractivity contribution in [3.63, 3.8) is 0 Å². The summed E-state index contributed by atoms with van der Waals surface area (Å²) in [5.74, 6) is -2.41. The summed E-state index contributed by atoms with van der Waals surface area (Å²) in [6, 6.07) is 8.32. The molecule has 31 heavy (non-hydrogen) atoms. The average molecular weight is 427 g/mol. The van der Waals surface area contributed by atoms with Gasteiger partial charge in [-0.25, -0.2) is 8.78 Å². The van der Waals surface area contributed by atoms with Crippen LogP contribution in [0.5, 0.6) is 5.75 Å². The molecule has 2 amide bonds. The molecule has 1 heterocycles. The maximum atomic E-state index is 13.9. The molecule has 2 N–H and O–H groups in total. The van der Waals surface area contributed by atoms with Gasteiger partial charge in [0.15, 0.2) is 0 Å². The molecule has 0 bridgehead atoms. The van der Waals surface area contributed by atoms with E-state index in [0.29, 0.717) is 30.2 Å². The number of carbonyl (C=O) groups is 2. The van der Waals surface area contributed by atoms with Crippen LogP contribution in [0.25, 0.3) is 0 Å². The molecule has 1 aliphatic carbocycles. The van der Waals surface area contributed by atoms with Crippen molar-refractivity contribution in [3.05, 3.63) is 65.2 Å². The van der Waals surface area contributed by atoms with Crippen LogP contribution in [0.2, 0.25) is 0 Å². The molecule has 2 aromatic rings. The molecule has 6 nitrogen and oxygen atoms in total. The Morgan fingerprint density at radius 1 is 1.10 bits per heavy atom. The molecule has 8 heteroatoms. The number of ether oxygens (including phenoxy) is 1. The minimum Gasteiger partial charge on any atom is -0.497 e. The second kappa shape index (κ2) is 8.09. The van der Waals surface area contributed by atoms with Gasteiger partial charge in [-0.2, -0.15) is 0 Å². The summed E-state index contributed by atoms with van der Waals surface area (Å²) < 4.78 is 33.1. The van der Waals surface area contributed by atoms with Gasteiger partial charge in [0.1, 0.15) is 34.8 Å². The Morgan fingerprint density at radius 2 is 1.71 bits per heavy atom. The number of amides is 2. The van der Waals surface area contributed by atoms with Gasteiger partial charge in [-0.1, -0.05) is 6.42 Å². The lowest BCUT2D eigenvalue weighted by Gasteiger charge is -2.42. The summed E-state index contributed by atoms with van der Waals surface area (Å²) in [6.45, 7) is 0. The predicted octanol–water partition coefficient (Wildman–Crippen LogP) is 3.49. The molecule has 2 aliphatic rings. The van der Waals surface area contributed by atoms with Gasteiger partial charge in [0.05, 0.1) is 7.11 Å². The smallest absolute Gasteiger partial charge is 0.275 e. The van der Waals surface area contributed by atoms with Crippen LogP contribution in [0.15, 0.2) is 47.5 Å². The number of nitrogens with zero attached hydrogens (tertiary/aromatic N) is 2. The average Bonchev–Trinajstić information content (AvgIpc) is 3.00. The molecule has 2 aromatic carbocycles. The van der Waals surface area contributed by atoms with Crippen molar-refractivity contribution in [2.75, 3.05) is 7.11 Å². The number of hydrogen-bond acceptors (Lipinski definition) is 4. The van der Waals surface area contributed by atoms with Crippen LogP contribution in [0.3, 0.4) is 0 Å². The van der Waals surface area contributed by atoms with Crippen LogP contribution in [0.1, 0.15) is 49.3 Å². The maximum absolute atomic E-state index is 13.9. The molecule has 162 valence electrons. The summed E-state index contributed by atoms with van der Waals surface area (Å²) in [5.41, 5.74) is 5.47. The third-order valence-corrected chi connectivity index (χ3v) is 5.94. The number of methoxy groups -OCH3 is 1. The Balaban J connectivity index is 1.82. The van der Waals surface area contributed by atoms with Crippen LogP contribution in [0, 0.1) is 11.6 Å². The van der Waals surface area contributed by atoms with Crippen molar-refractivity contribution in [1.82, 2.24) is 4.90 Å². The summed E-state index contributed by atoms with van der Waals surface area (Å²) in [5, 5.41) is 0. The lowest BCUT2D eigenvalue weighted by atomic mass is 9.86. The highest BCUT2D eigenvalue weighted by atomic mass is 19.1. The zero-order valence-corrected chi connectivity index (χ0v) is 17.1. The first kappa shape index (κ1) is 21.0. The molecule has 1 atom stereocenters. The van der Waals surface area contributed by atoms with Gasteiger partial charge in [-0.05, 0) is 67.6 Å². The lowest BCUT2D eigenvalue weighted by molar-refractivity contribution is -0.141. The van der Waals surface area contributed by atoms with E-state index < -0.39 is 35.2 Å². The molecular weight excluding hydrogens is 404 g/mol. The number of carbonyl (C=O) groups excluding carboxylic acids is 2. The van der Waals surface area contributed by atoms with Crippen molar-refractivity contribution in [1.29, 1.82) is 0 Å². The van der Waals surface area contributed by atoms with E-state index in [0.717, 1.165) is 31.4 Å². The van der Waals surface area contributed by atoms with E-state index in [-0.39, 0.29) is 11.3 Å². The van der Waals surface area contributed by atoms with E-state index in [1.807, 2.05) is 0 Å². The molecule has 4 rings (SSSR count). The lowest BCUT2D eigenvalue weighted by Crippen LogP contribution is -2.53. The first-order valence-corrected chi connectivity index (χ1v) is 10.2. The highest BCUT2D eigenvalue weighted by Gasteiger charge is 2.52. The molecule has 1 spiro atoms. The summed E-state index contributed by atoms with van der Waals surface area (Å²) in [7, 11) is 1.54. The zero-order chi connectivity index (χ0) is 22.2. The minimum absolute atomic E-state index is 0.00511. The number of rotatable bonds is 5. The Hall–Kier alpha value is -3.29.